The molecule has 2 heteroatoms. The molecule has 0 spiro atoms. The summed E-state index contributed by atoms with van der Waals surface area (Å²) >= 11 is 0. The first kappa shape index (κ1) is 14.3. The highest BCUT2D eigenvalue weighted by atomic mass is 16.5. The van der Waals surface area contributed by atoms with Crippen LogP contribution in [0.5, 0.6) is 0 Å². The van der Waals surface area contributed by atoms with Crippen LogP contribution in [-0.4, -0.2) is 20.3 Å². The molecule has 2 nitrogen and oxygen atoms in total. The number of hydrogen-bond donors (Lipinski definition) is 1. The largest absolute Gasteiger partial charge is 0.384 e. The Hall–Kier alpha value is -1.64. The van der Waals surface area contributed by atoms with Gasteiger partial charge in [-0.25, -0.2) is 0 Å². The van der Waals surface area contributed by atoms with Gasteiger partial charge in [-0.15, -0.1) is 0 Å². The normalized spacial score (nSPS) is 15.3. The second-order valence-electron chi connectivity index (χ2n) is 5.98. The van der Waals surface area contributed by atoms with E-state index in [0.717, 1.165) is 19.6 Å². The lowest BCUT2D eigenvalue weighted by Crippen LogP contribution is -2.31. The zero-order valence-corrected chi connectivity index (χ0v) is 12.8. The molecule has 0 radical (unpaired) electrons. The lowest BCUT2D eigenvalue weighted by Gasteiger charge is -2.30. The molecule has 0 amide bonds. The summed E-state index contributed by atoms with van der Waals surface area (Å²) in [6.07, 6.45) is 1.04. The van der Waals surface area contributed by atoms with E-state index >= 15 is 0 Å². The van der Waals surface area contributed by atoms with Gasteiger partial charge in [-0.05, 0) is 34.6 Å². The number of benzene rings is 2. The highest BCUT2D eigenvalue weighted by Gasteiger charge is 2.24. The topological polar surface area (TPSA) is 21.3 Å². The van der Waals surface area contributed by atoms with Crippen molar-refractivity contribution in [2.24, 2.45) is 5.92 Å². The van der Waals surface area contributed by atoms with Gasteiger partial charge in [-0.1, -0.05) is 55.5 Å². The molecule has 21 heavy (non-hydrogen) atoms. The van der Waals surface area contributed by atoms with E-state index < -0.39 is 0 Å². The van der Waals surface area contributed by atoms with Gasteiger partial charge in [0.2, 0.25) is 0 Å². The molecule has 0 fully saturated rings. The van der Waals surface area contributed by atoms with Crippen molar-refractivity contribution >= 4 is 0 Å². The SMILES string of the molecule is COCC(C)CNC1c2ccccc2Cc2ccccc21. The van der Waals surface area contributed by atoms with E-state index in [9.17, 15) is 0 Å². The number of hydrogen-bond acceptors (Lipinski definition) is 2. The van der Waals surface area contributed by atoms with Crippen LogP contribution >= 0.6 is 0 Å². The minimum Gasteiger partial charge on any atom is -0.384 e. The monoisotopic (exact) mass is 281 g/mol. The van der Waals surface area contributed by atoms with Crippen LogP contribution < -0.4 is 5.32 Å². The highest BCUT2D eigenvalue weighted by Crippen LogP contribution is 2.34. The van der Waals surface area contributed by atoms with Crippen molar-refractivity contribution in [3.05, 3.63) is 70.8 Å². The van der Waals surface area contributed by atoms with Gasteiger partial charge in [0.05, 0.1) is 6.04 Å². The van der Waals surface area contributed by atoms with Gasteiger partial charge in [-0.2, -0.15) is 0 Å². The van der Waals surface area contributed by atoms with Crippen molar-refractivity contribution in [2.45, 2.75) is 19.4 Å². The number of fused-ring (bicyclic) bond motifs is 2. The van der Waals surface area contributed by atoms with Gasteiger partial charge in [0, 0.05) is 20.3 Å². The molecule has 0 saturated heterocycles. The molecule has 1 atom stereocenters. The molecule has 110 valence electrons. The lowest BCUT2D eigenvalue weighted by molar-refractivity contribution is 0.157. The summed E-state index contributed by atoms with van der Waals surface area (Å²) in [5.74, 6) is 0.510. The average Bonchev–Trinajstić information content (AvgIpc) is 2.51. The fourth-order valence-electron chi connectivity index (χ4n) is 3.21. The molecule has 1 aliphatic carbocycles. The van der Waals surface area contributed by atoms with Gasteiger partial charge in [-0.3, -0.25) is 0 Å². The fourth-order valence-corrected chi connectivity index (χ4v) is 3.21. The molecule has 0 aliphatic heterocycles. The molecule has 0 aromatic heterocycles. The van der Waals surface area contributed by atoms with Crippen LogP contribution in [0.15, 0.2) is 48.5 Å². The summed E-state index contributed by atoms with van der Waals surface area (Å²) in [5.41, 5.74) is 5.71. The summed E-state index contributed by atoms with van der Waals surface area (Å²) in [6, 6.07) is 17.9. The minimum atomic E-state index is 0.297. The van der Waals surface area contributed by atoms with Gasteiger partial charge < -0.3 is 10.1 Å². The van der Waals surface area contributed by atoms with Crippen LogP contribution in [0.25, 0.3) is 0 Å². The van der Waals surface area contributed by atoms with Gasteiger partial charge in [0.25, 0.3) is 0 Å². The Morgan fingerprint density at radius 2 is 1.62 bits per heavy atom. The highest BCUT2D eigenvalue weighted by molar-refractivity contribution is 5.48. The van der Waals surface area contributed by atoms with Crippen LogP contribution in [-0.2, 0) is 11.2 Å². The Kier molecular flexibility index (Phi) is 4.37. The van der Waals surface area contributed by atoms with E-state index in [1.54, 1.807) is 7.11 Å². The molecular weight excluding hydrogens is 258 g/mol. The van der Waals surface area contributed by atoms with Crippen LogP contribution in [0, 0.1) is 5.92 Å². The molecular formula is C19H23NO. The summed E-state index contributed by atoms with van der Waals surface area (Å²) < 4.78 is 5.24. The lowest BCUT2D eigenvalue weighted by atomic mass is 9.82. The Labute approximate surface area is 127 Å². The Bertz CT molecular complexity index is 563. The van der Waals surface area contributed by atoms with E-state index in [0.29, 0.717) is 12.0 Å². The van der Waals surface area contributed by atoms with Crippen LogP contribution in [0.3, 0.4) is 0 Å². The fraction of sp³-hybridized carbons (Fsp3) is 0.368. The van der Waals surface area contributed by atoms with Crippen molar-refractivity contribution in [1.82, 2.24) is 5.32 Å². The van der Waals surface area contributed by atoms with Crippen molar-refractivity contribution in [3.8, 4) is 0 Å². The summed E-state index contributed by atoms with van der Waals surface area (Å²) in [7, 11) is 1.77. The first-order valence-electron chi connectivity index (χ1n) is 7.67. The third-order valence-corrected chi connectivity index (χ3v) is 4.23. The molecule has 1 aliphatic rings. The molecule has 2 aromatic carbocycles. The van der Waals surface area contributed by atoms with Crippen molar-refractivity contribution < 1.29 is 4.74 Å². The maximum Gasteiger partial charge on any atom is 0.0582 e. The smallest absolute Gasteiger partial charge is 0.0582 e. The first-order chi connectivity index (χ1) is 10.3. The molecule has 1 unspecified atom stereocenters. The van der Waals surface area contributed by atoms with Crippen LogP contribution in [0.2, 0.25) is 0 Å². The number of ether oxygens (including phenoxy) is 1. The van der Waals surface area contributed by atoms with Crippen molar-refractivity contribution in [3.63, 3.8) is 0 Å². The van der Waals surface area contributed by atoms with Crippen LogP contribution in [0.1, 0.15) is 35.2 Å². The number of methoxy groups -OCH3 is 1. The van der Waals surface area contributed by atoms with E-state index in [1.807, 2.05) is 0 Å². The second-order valence-corrected chi connectivity index (χ2v) is 5.98. The quantitative estimate of drug-likeness (QED) is 0.905. The van der Waals surface area contributed by atoms with Gasteiger partial charge >= 0.3 is 0 Å². The van der Waals surface area contributed by atoms with Gasteiger partial charge in [0.15, 0.2) is 0 Å². The standard InChI is InChI=1S/C19H23NO/c1-14(13-21-2)12-20-19-17-9-5-3-7-15(17)11-16-8-4-6-10-18(16)19/h3-10,14,19-20H,11-13H2,1-2H3. The summed E-state index contributed by atoms with van der Waals surface area (Å²) in [4.78, 5) is 0. The van der Waals surface area contributed by atoms with Gasteiger partial charge in [0.1, 0.15) is 0 Å². The molecule has 0 saturated carbocycles. The predicted molar refractivity (Wildman–Crippen MR) is 86.6 cm³/mol. The Morgan fingerprint density at radius 1 is 1.05 bits per heavy atom. The van der Waals surface area contributed by atoms with E-state index in [4.69, 9.17) is 4.74 Å². The maximum atomic E-state index is 5.24. The third kappa shape index (κ3) is 3.02. The molecule has 1 N–H and O–H groups in total. The van der Waals surface area contributed by atoms with E-state index in [2.05, 4.69) is 60.8 Å². The third-order valence-electron chi connectivity index (χ3n) is 4.23. The van der Waals surface area contributed by atoms with E-state index in [1.165, 1.54) is 22.3 Å². The minimum absolute atomic E-state index is 0.297. The molecule has 3 rings (SSSR count). The summed E-state index contributed by atoms with van der Waals surface area (Å²) in [6.45, 7) is 3.97. The van der Waals surface area contributed by atoms with E-state index in [-0.39, 0.29) is 0 Å². The Balaban J connectivity index is 1.88. The maximum absolute atomic E-state index is 5.24. The summed E-state index contributed by atoms with van der Waals surface area (Å²) in [5, 5.41) is 3.74. The first-order valence-corrected chi connectivity index (χ1v) is 7.67. The average molecular weight is 281 g/mol. The van der Waals surface area contributed by atoms with Crippen LogP contribution in [0.4, 0.5) is 0 Å². The van der Waals surface area contributed by atoms with Crippen molar-refractivity contribution in [2.75, 3.05) is 20.3 Å². The number of nitrogens with one attached hydrogen (secondary N) is 1. The molecule has 0 heterocycles. The zero-order valence-electron chi connectivity index (χ0n) is 12.8. The van der Waals surface area contributed by atoms with Crippen molar-refractivity contribution in [1.29, 1.82) is 0 Å². The molecule has 0 bridgehead atoms. The number of rotatable bonds is 5. The molecule has 2 aromatic rings. The Morgan fingerprint density at radius 3 is 2.19 bits per heavy atom. The predicted octanol–water partition coefficient (Wildman–Crippen LogP) is 3.55. The zero-order chi connectivity index (χ0) is 14.7. The second kappa shape index (κ2) is 6.42.